The van der Waals surface area contributed by atoms with E-state index in [0.29, 0.717) is 47.4 Å². The maximum atomic E-state index is 11.3. The first kappa shape index (κ1) is 127. The van der Waals surface area contributed by atoms with E-state index in [4.69, 9.17) is 54.2 Å². The topological polar surface area (TPSA) is 451 Å². The van der Waals surface area contributed by atoms with Crippen LogP contribution in [0.25, 0.3) is 0 Å². The van der Waals surface area contributed by atoms with Crippen molar-refractivity contribution in [3.63, 3.8) is 0 Å². The Hall–Kier alpha value is -5.06. The lowest BCUT2D eigenvalue weighted by molar-refractivity contribution is -0.182. The zero-order valence-electron chi connectivity index (χ0n) is 88.6. The van der Waals surface area contributed by atoms with Crippen molar-refractivity contribution >= 4 is 206 Å². The fraction of sp³-hybridized carbons (Fsp3) is 0.584. The van der Waals surface area contributed by atoms with Crippen molar-refractivity contribution in [3.05, 3.63) is 173 Å². The lowest BCUT2D eigenvalue weighted by atomic mass is 9.96. The van der Waals surface area contributed by atoms with Gasteiger partial charge < -0.3 is 150 Å². The van der Waals surface area contributed by atoms with Crippen molar-refractivity contribution in [2.45, 2.75) is 211 Å². The maximum absolute atomic E-state index is 11.3. The van der Waals surface area contributed by atoms with E-state index in [-0.39, 0.29) is 121 Å². The maximum Gasteiger partial charge on any atom is 0.250 e. The molecule has 15 aliphatic rings. The number of fused-ring (bicyclic) bond motifs is 2. The first-order valence-corrected chi connectivity index (χ1v) is 74.2. The molecule has 0 aromatic heterocycles. The molecule has 15 rings (SSSR count). The molecule has 0 saturated carbocycles. The summed E-state index contributed by atoms with van der Waals surface area (Å²) in [5.41, 5.74) is -0.681. The molecule has 48 heteroatoms. The molecular formula is C101H161BrClI2N14O23P7. The molecule has 836 valence electrons. The van der Waals surface area contributed by atoms with E-state index >= 15 is 0 Å². The summed E-state index contributed by atoms with van der Waals surface area (Å²) in [5, 5.41) is 90.7. The Balaban J connectivity index is 0.000000193. The molecular weight excluding hydrogens is 2360 g/mol. The minimum Gasteiger partial charge on any atom is -0.390 e. The van der Waals surface area contributed by atoms with Crippen LogP contribution in [-0.2, 0) is 76.2 Å². The zero-order chi connectivity index (χ0) is 112. The number of aliphatic hydroxyl groups is 7. The van der Waals surface area contributed by atoms with Crippen LogP contribution in [0.5, 0.6) is 0 Å². The number of methoxy groups -OCH3 is 1. The first-order valence-electron chi connectivity index (χ1n) is 48.9. The molecule has 14 N–H and O–H groups in total. The van der Waals surface area contributed by atoms with Crippen LogP contribution in [0.15, 0.2) is 173 Å². The van der Waals surface area contributed by atoms with Gasteiger partial charge in [-0.2, -0.15) is 0 Å². The van der Waals surface area contributed by atoms with Crippen LogP contribution >= 0.6 is 121 Å². The molecule has 28 atom stereocenters. The van der Waals surface area contributed by atoms with Gasteiger partial charge in [-0.1, -0.05) is 114 Å². The molecule has 37 nitrogen and oxygen atoms in total. The molecule has 15 aliphatic heterocycles. The lowest BCUT2D eigenvalue weighted by Crippen LogP contribution is -2.49. The average Bonchev–Trinajstić information content (AvgIpc) is 1.57. The van der Waals surface area contributed by atoms with E-state index in [1.165, 1.54) is 42.5 Å². The molecule has 0 spiro atoms. The molecule has 7 amide bonds. The Labute approximate surface area is 921 Å². The number of ether oxygens (including phenoxy) is 9. The summed E-state index contributed by atoms with van der Waals surface area (Å²) in [6, 6.07) is 0. The molecule has 0 radical (unpaired) electrons. The van der Waals surface area contributed by atoms with Gasteiger partial charge in [0.25, 0.3) is 41.4 Å². The summed E-state index contributed by atoms with van der Waals surface area (Å²) < 4.78 is 53.1. The third kappa shape index (κ3) is 36.2. The van der Waals surface area contributed by atoms with Gasteiger partial charge in [0.2, 0.25) is 0 Å². The summed E-state index contributed by atoms with van der Waals surface area (Å²) >= 11 is 14.2. The van der Waals surface area contributed by atoms with E-state index in [0.717, 1.165) is 88.1 Å². The predicted molar refractivity (Wildman–Crippen MR) is 635 cm³/mol. The van der Waals surface area contributed by atoms with Crippen LogP contribution in [0.2, 0.25) is 0 Å². The number of carbonyl (C=O) groups excluding carboxylic acids is 7. The van der Waals surface area contributed by atoms with Crippen LogP contribution < -0.4 is 37.2 Å². The van der Waals surface area contributed by atoms with Crippen molar-refractivity contribution in [2.24, 2.45) is 5.92 Å². The standard InChI is InChI=1S/C15H23N2O4P.C15H25N2O4P.C15H25N2O3P.C14H22BrN2O3P.C14H22ClN2O3P.2C14H22IN2O3P/c1-10-16-11(18)5-7-17(10)14-12-13(19)15(21-14,9-20-12)6-8-22(2,3)4;1-10-16-12(18)6-8-17(10)15-14(20-2)13(19)11(21-15)7-9-22(3,4)5;1-10-14(19)12(7-9-21(3,4)5)20-15(10)17-8-6-13(18)16-11(17)2;4*1-9-16-11(18)5-7-17(9)14-12(15)13(19)10(20-14)6-8-21(2,3)4/h5,7,12-14,19H,1-2,6,8-9H2,3-4H3,(H,16,18);6,8,11,13-15,19H,1,3,7,9H2,2,4-5H3,(H,16,18);6,8,10,12,14-15,19H,2-3,7,9H2,1,4-5H3,(H,16,18);4*5,7,10,12-14,19H,1-2,6,8H2,3-4H3,(H,16,18)/t12-,13+,14-,15+;11-,13-,14-,15-;10-,12-,14+,15-;4*10-,12-,13-,14-/m1111111/s1. The van der Waals surface area contributed by atoms with Crippen molar-refractivity contribution in [1.29, 1.82) is 0 Å². The number of halogens is 4. The fourth-order valence-electron chi connectivity index (χ4n) is 17.8. The fourth-order valence-corrected chi connectivity index (χ4v) is 27.6. The number of hydrogen-bond acceptors (Lipinski definition) is 30. The zero-order valence-corrected chi connectivity index (χ0v) is 102. The van der Waals surface area contributed by atoms with Crippen LogP contribution in [0, 0.1) is 5.92 Å². The number of aliphatic hydroxyl groups excluding tert-OH is 7. The van der Waals surface area contributed by atoms with Crippen molar-refractivity contribution in [3.8, 4) is 0 Å². The third-order valence-electron chi connectivity index (χ3n) is 26.4. The molecule has 8 fully saturated rings. The van der Waals surface area contributed by atoms with Gasteiger partial charge in [-0.15, -0.1) is 104 Å². The SMILES string of the molecule is C=C1NC(=O)C=CN1[C@@H]1O[C@@]2(CCP(=C)(C)C)CO[C@@H]1[C@@H]2O.C=C1NC(=O)C=CN1[C@@H]1O[C@H](CCP(=C)(C)C)[C@@H](O)[C@H]1Br.C=C1NC(=O)C=CN1[C@@H]1O[C@H](CCP(=C)(C)C)[C@@H](O)[C@H]1C.C=C1NC(=O)C=CN1[C@@H]1O[C@H](CCP(=C)(C)C)[C@@H](O)[C@H]1Cl.C=C1NC(=O)C=CN1[C@@H]1O[C@H](CCP(=C)(C)C)[C@@H](O)[C@H]1I.C=C1NC(=O)C=CN1[C@@H]1O[C@H](CCP(=C)(C)C)[C@@H](O)[C@H]1I.C=C1NC(=O)C=CN1[C@@H]1O[C@H](CCP(=C)(C)C)[C@@H](O)[C@H]1OC. The second-order valence-electron chi connectivity index (χ2n) is 44.2. The Morgan fingerprint density at radius 1 is 0.362 bits per heavy atom. The third-order valence-corrected chi connectivity index (χ3v) is 40.8. The Bertz CT molecular complexity index is 4960. The molecule has 15 heterocycles. The summed E-state index contributed by atoms with van der Waals surface area (Å²) in [4.78, 5) is 90.8. The number of amides is 7. The van der Waals surface area contributed by atoms with Crippen LogP contribution in [-0.4, -0.2) is 464 Å². The van der Waals surface area contributed by atoms with Crippen LogP contribution in [0.1, 0.15) is 51.9 Å². The minimum atomic E-state index is -1.20. The highest BCUT2D eigenvalue weighted by molar-refractivity contribution is 14.1. The second kappa shape index (κ2) is 53.5. The van der Waals surface area contributed by atoms with Gasteiger partial charge >= 0.3 is 0 Å². The second-order valence-corrected chi connectivity index (χ2v) is 78.8. The van der Waals surface area contributed by atoms with E-state index in [1.807, 2.05) is 6.92 Å². The number of hydrogen-bond donors (Lipinski definition) is 14. The van der Waals surface area contributed by atoms with Gasteiger partial charge in [-0.05, 0) is 181 Å². The first-order chi connectivity index (χ1) is 68.9. The van der Waals surface area contributed by atoms with Gasteiger partial charge in [0.1, 0.15) is 101 Å². The van der Waals surface area contributed by atoms with Gasteiger partial charge in [0.05, 0.1) is 80.3 Å². The Morgan fingerprint density at radius 3 is 0.913 bits per heavy atom. The van der Waals surface area contributed by atoms with Gasteiger partial charge in [0.15, 0.2) is 24.9 Å². The van der Waals surface area contributed by atoms with Gasteiger partial charge in [0, 0.05) is 99.0 Å². The average molecular weight is 2530 g/mol. The van der Waals surface area contributed by atoms with Crippen LogP contribution in [0.4, 0.5) is 0 Å². The number of nitrogens with one attached hydrogen (secondary N) is 7. The van der Waals surface area contributed by atoms with E-state index < -0.39 is 133 Å². The molecule has 8 saturated heterocycles. The number of rotatable bonds is 29. The number of nitrogens with zero attached hydrogens (tertiary/aromatic N) is 7. The van der Waals surface area contributed by atoms with Gasteiger partial charge in [-0.25, -0.2) is 0 Å². The molecule has 149 heavy (non-hydrogen) atoms. The van der Waals surface area contributed by atoms with Gasteiger partial charge in [-0.3, -0.25) is 33.6 Å². The van der Waals surface area contributed by atoms with E-state index in [9.17, 15) is 69.3 Å². The summed E-state index contributed by atoms with van der Waals surface area (Å²) in [6.07, 6.45) is 53.2. The smallest absolute Gasteiger partial charge is 0.250 e. The predicted octanol–water partition coefficient (Wildman–Crippen LogP) is 7.52. The van der Waals surface area contributed by atoms with Crippen molar-refractivity contribution in [1.82, 2.24) is 71.5 Å². The molecule has 0 aromatic carbocycles. The molecule has 0 aliphatic carbocycles. The highest BCUT2D eigenvalue weighted by Gasteiger charge is 2.63. The summed E-state index contributed by atoms with van der Waals surface area (Å²) in [5.74, 6) is 1.61. The van der Waals surface area contributed by atoms with E-state index in [2.05, 4.69) is 282 Å². The molecule has 0 aromatic rings. The quantitative estimate of drug-likeness (QED) is 0.0195. The van der Waals surface area contributed by atoms with Crippen molar-refractivity contribution in [2.75, 3.05) is 150 Å². The molecule has 2 bridgehead atoms. The Morgan fingerprint density at radius 2 is 0.604 bits per heavy atom. The largest absolute Gasteiger partial charge is 0.390 e. The normalized spacial score (nSPS) is 33.9. The van der Waals surface area contributed by atoms with Crippen LogP contribution in [0.3, 0.4) is 0 Å². The lowest BCUT2D eigenvalue weighted by Gasteiger charge is -2.38. The number of carbonyl (C=O) groups is 7. The molecule has 0 unspecified atom stereocenters. The monoisotopic (exact) mass is 2520 g/mol. The minimum absolute atomic E-state index is 0.0577. The van der Waals surface area contributed by atoms with Crippen molar-refractivity contribution < 1.29 is 112 Å². The Kier molecular flexibility index (Phi) is 45.8. The summed E-state index contributed by atoms with van der Waals surface area (Å²) in [6.45, 7) is 51.4. The highest BCUT2D eigenvalue weighted by atomic mass is 127. The summed E-state index contributed by atoms with van der Waals surface area (Å²) in [7, 11) is 1.54. The number of alkyl halides is 4. The van der Waals surface area contributed by atoms with E-state index in [1.54, 1.807) is 84.8 Å². The highest BCUT2D eigenvalue weighted by Crippen LogP contribution is 2.51.